The lowest BCUT2D eigenvalue weighted by molar-refractivity contribution is -0.115. The van der Waals surface area contributed by atoms with Crippen LogP contribution in [0.25, 0.3) is 0 Å². The molecular formula is C11H14N2O2. The van der Waals surface area contributed by atoms with E-state index in [1.54, 1.807) is 31.3 Å². The van der Waals surface area contributed by atoms with E-state index in [0.29, 0.717) is 11.3 Å². The summed E-state index contributed by atoms with van der Waals surface area (Å²) in [6, 6.07) is 6.81. The van der Waals surface area contributed by atoms with Gasteiger partial charge in [0.05, 0.1) is 6.54 Å². The molecule has 0 fully saturated rings. The Hall–Kier alpha value is -1.68. The van der Waals surface area contributed by atoms with Gasteiger partial charge in [-0.1, -0.05) is 0 Å². The molecule has 1 amide bonds. The first kappa shape index (κ1) is 11.4. The SMILES string of the molecule is CNCC(=O)Nc1ccc(C(C)=O)cc1. The van der Waals surface area contributed by atoms with Crippen molar-refractivity contribution in [1.82, 2.24) is 5.32 Å². The molecule has 0 aromatic heterocycles. The van der Waals surface area contributed by atoms with E-state index in [4.69, 9.17) is 0 Å². The van der Waals surface area contributed by atoms with Crippen LogP contribution in [0.1, 0.15) is 17.3 Å². The van der Waals surface area contributed by atoms with Crippen LogP contribution in [0.15, 0.2) is 24.3 Å². The minimum absolute atomic E-state index is 0.0168. The van der Waals surface area contributed by atoms with Crippen molar-refractivity contribution >= 4 is 17.4 Å². The molecule has 0 saturated heterocycles. The minimum atomic E-state index is -0.104. The summed E-state index contributed by atoms with van der Waals surface area (Å²) in [5, 5.41) is 5.45. The van der Waals surface area contributed by atoms with Gasteiger partial charge in [0.25, 0.3) is 0 Å². The molecule has 2 N–H and O–H groups in total. The van der Waals surface area contributed by atoms with E-state index < -0.39 is 0 Å². The molecule has 0 aliphatic carbocycles. The highest BCUT2D eigenvalue weighted by Gasteiger charge is 2.01. The van der Waals surface area contributed by atoms with E-state index in [1.807, 2.05) is 0 Å². The quantitative estimate of drug-likeness (QED) is 0.724. The van der Waals surface area contributed by atoms with Gasteiger partial charge in [-0.05, 0) is 38.2 Å². The average molecular weight is 206 g/mol. The first-order valence-electron chi connectivity index (χ1n) is 4.69. The molecular weight excluding hydrogens is 192 g/mol. The number of anilines is 1. The van der Waals surface area contributed by atoms with Gasteiger partial charge in [-0.2, -0.15) is 0 Å². The van der Waals surface area contributed by atoms with Crippen molar-refractivity contribution in [2.24, 2.45) is 0 Å². The Morgan fingerprint density at radius 2 is 1.80 bits per heavy atom. The van der Waals surface area contributed by atoms with E-state index >= 15 is 0 Å². The van der Waals surface area contributed by atoms with Crippen molar-refractivity contribution in [2.45, 2.75) is 6.92 Å². The summed E-state index contributed by atoms with van der Waals surface area (Å²) in [5.41, 5.74) is 1.34. The molecule has 0 aliphatic rings. The molecule has 15 heavy (non-hydrogen) atoms. The van der Waals surface area contributed by atoms with Gasteiger partial charge in [-0.25, -0.2) is 0 Å². The molecule has 1 rings (SSSR count). The standard InChI is InChI=1S/C11H14N2O2/c1-8(14)9-3-5-10(6-4-9)13-11(15)7-12-2/h3-6,12H,7H2,1-2H3,(H,13,15). The monoisotopic (exact) mass is 206 g/mol. The second-order valence-electron chi connectivity index (χ2n) is 3.21. The zero-order valence-corrected chi connectivity index (χ0v) is 8.83. The molecule has 0 atom stereocenters. The summed E-state index contributed by atoms with van der Waals surface area (Å²) >= 11 is 0. The van der Waals surface area contributed by atoms with Crippen molar-refractivity contribution in [2.75, 3.05) is 18.9 Å². The van der Waals surface area contributed by atoms with E-state index in [1.165, 1.54) is 6.92 Å². The number of carbonyl (C=O) groups excluding carboxylic acids is 2. The molecule has 0 aliphatic heterocycles. The molecule has 0 bridgehead atoms. The van der Waals surface area contributed by atoms with Gasteiger partial charge in [0, 0.05) is 11.3 Å². The van der Waals surface area contributed by atoms with Crippen molar-refractivity contribution < 1.29 is 9.59 Å². The van der Waals surface area contributed by atoms with Crippen LogP contribution < -0.4 is 10.6 Å². The number of benzene rings is 1. The number of carbonyl (C=O) groups is 2. The minimum Gasteiger partial charge on any atom is -0.325 e. The number of ketones is 1. The maximum absolute atomic E-state index is 11.2. The average Bonchev–Trinajstić information content (AvgIpc) is 2.18. The zero-order valence-electron chi connectivity index (χ0n) is 8.83. The van der Waals surface area contributed by atoms with Crippen LogP contribution >= 0.6 is 0 Å². The molecule has 0 radical (unpaired) electrons. The zero-order chi connectivity index (χ0) is 11.3. The molecule has 0 saturated carbocycles. The Morgan fingerprint density at radius 1 is 1.20 bits per heavy atom. The number of rotatable bonds is 4. The maximum atomic E-state index is 11.2. The summed E-state index contributed by atoms with van der Waals surface area (Å²) in [4.78, 5) is 22.2. The van der Waals surface area contributed by atoms with Gasteiger partial charge in [-0.15, -0.1) is 0 Å². The highest BCUT2D eigenvalue weighted by molar-refractivity contribution is 5.96. The van der Waals surface area contributed by atoms with E-state index in [0.717, 1.165) is 0 Å². The van der Waals surface area contributed by atoms with Gasteiger partial charge in [-0.3, -0.25) is 9.59 Å². The predicted octanol–water partition coefficient (Wildman–Crippen LogP) is 1.05. The van der Waals surface area contributed by atoms with Crippen LogP contribution in [0.2, 0.25) is 0 Å². The Kier molecular flexibility index (Phi) is 4.00. The van der Waals surface area contributed by atoms with Crippen LogP contribution in [0, 0.1) is 0 Å². The lowest BCUT2D eigenvalue weighted by Crippen LogP contribution is -2.24. The molecule has 1 aromatic rings. The normalized spacial score (nSPS) is 9.73. The lowest BCUT2D eigenvalue weighted by atomic mass is 10.1. The molecule has 80 valence electrons. The summed E-state index contributed by atoms with van der Waals surface area (Å²) in [6.07, 6.45) is 0. The Morgan fingerprint density at radius 3 is 2.27 bits per heavy atom. The summed E-state index contributed by atoms with van der Waals surface area (Å²) in [6.45, 7) is 1.78. The fourth-order valence-corrected chi connectivity index (χ4v) is 1.15. The van der Waals surface area contributed by atoms with Gasteiger partial charge >= 0.3 is 0 Å². The van der Waals surface area contributed by atoms with Crippen molar-refractivity contribution in [3.63, 3.8) is 0 Å². The predicted molar refractivity (Wildman–Crippen MR) is 59.0 cm³/mol. The van der Waals surface area contributed by atoms with Crippen molar-refractivity contribution in [3.8, 4) is 0 Å². The summed E-state index contributed by atoms with van der Waals surface area (Å²) < 4.78 is 0. The Balaban J connectivity index is 2.64. The van der Waals surface area contributed by atoms with E-state index in [-0.39, 0.29) is 18.2 Å². The number of hydrogen-bond acceptors (Lipinski definition) is 3. The molecule has 4 nitrogen and oxygen atoms in total. The third-order valence-corrected chi connectivity index (χ3v) is 1.91. The third kappa shape index (κ3) is 3.52. The van der Waals surface area contributed by atoms with Crippen LogP contribution in [0.3, 0.4) is 0 Å². The second-order valence-corrected chi connectivity index (χ2v) is 3.21. The Bertz CT molecular complexity index is 357. The lowest BCUT2D eigenvalue weighted by Gasteiger charge is -2.04. The topological polar surface area (TPSA) is 58.2 Å². The largest absolute Gasteiger partial charge is 0.325 e. The van der Waals surface area contributed by atoms with Gasteiger partial charge < -0.3 is 10.6 Å². The number of Topliss-reactive ketones (excluding diaryl/α,β-unsaturated/α-hetero) is 1. The smallest absolute Gasteiger partial charge is 0.238 e. The van der Waals surface area contributed by atoms with Crippen LogP contribution in [0.5, 0.6) is 0 Å². The highest BCUT2D eigenvalue weighted by atomic mass is 16.2. The summed E-state index contributed by atoms with van der Waals surface area (Å²) in [7, 11) is 1.71. The van der Waals surface area contributed by atoms with Crippen molar-refractivity contribution in [3.05, 3.63) is 29.8 Å². The highest BCUT2D eigenvalue weighted by Crippen LogP contribution is 2.09. The van der Waals surface area contributed by atoms with E-state index in [2.05, 4.69) is 10.6 Å². The van der Waals surface area contributed by atoms with Crippen LogP contribution in [0.4, 0.5) is 5.69 Å². The Labute approximate surface area is 88.7 Å². The fourth-order valence-electron chi connectivity index (χ4n) is 1.15. The van der Waals surface area contributed by atoms with Gasteiger partial charge in [0.1, 0.15) is 0 Å². The number of nitrogens with one attached hydrogen (secondary N) is 2. The molecule has 0 spiro atoms. The molecule has 4 heteroatoms. The van der Waals surface area contributed by atoms with Gasteiger partial charge in [0.2, 0.25) is 5.91 Å². The molecule has 0 unspecified atom stereocenters. The molecule has 0 heterocycles. The van der Waals surface area contributed by atoms with Crippen LogP contribution in [-0.2, 0) is 4.79 Å². The van der Waals surface area contributed by atoms with Gasteiger partial charge in [0.15, 0.2) is 5.78 Å². The van der Waals surface area contributed by atoms with E-state index in [9.17, 15) is 9.59 Å². The number of hydrogen-bond donors (Lipinski definition) is 2. The number of amides is 1. The fraction of sp³-hybridized carbons (Fsp3) is 0.273. The molecule has 1 aromatic carbocycles. The first-order chi connectivity index (χ1) is 7.13. The number of likely N-dealkylation sites (N-methyl/N-ethyl adjacent to an activating group) is 1. The third-order valence-electron chi connectivity index (χ3n) is 1.91. The van der Waals surface area contributed by atoms with Crippen molar-refractivity contribution in [1.29, 1.82) is 0 Å². The van der Waals surface area contributed by atoms with Crippen LogP contribution in [-0.4, -0.2) is 25.3 Å². The second kappa shape index (κ2) is 5.26. The summed E-state index contributed by atoms with van der Waals surface area (Å²) in [5.74, 6) is -0.0869. The maximum Gasteiger partial charge on any atom is 0.238 e. The first-order valence-corrected chi connectivity index (χ1v) is 4.69.